The number of fused-ring (bicyclic) bond motifs is 5. The van der Waals surface area contributed by atoms with E-state index in [1.165, 1.54) is 16.0 Å². The van der Waals surface area contributed by atoms with E-state index >= 15 is 0 Å². The molecule has 0 bridgehead atoms. The van der Waals surface area contributed by atoms with Crippen LogP contribution >= 0.6 is 11.3 Å². The number of ether oxygens (including phenoxy) is 1. The number of nitrogens with two attached hydrogens (primary N) is 1. The van der Waals surface area contributed by atoms with Crippen LogP contribution in [0.4, 0.5) is 0 Å². The lowest BCUT2D eigenvalue weighted by molar-refractivity contribution is -0.789. The molecule has 4 aromatic rings. The first-order valence-electron chi connectivity index (χ1n) is 10.4. The number of aryl methyl sites for hydroxylation is 1. The number of benzene rings is 1. The molecule has 1 aliphatic rings. The van der Waals surface area contributed by atoms with Gasteiger partial charge in [0.15, 0.2) is 11.5 Å². The molecule has 0 radical (unpaired) electrons. The second-order valence-corrected chi connectivity index (χ2v) is 10.6. The first-order valence-corrected chi connectivity index (χ1v) is 11.2. The van der Waals surface area contributed by atoms with Crippen LogP contribution in [0.2, 0.25) is 0 Å². The van der Waals surface area contributed by atoms with Crippen molar-refractivity contribution < 1.29 is 10.1 Å². The van der Waals surface area contributed by atoms with Gasteiger partial charge in [-0.3, -0.25) is 0 Å². The van der Waals surface area contributed by atoms with E-state index in [9.17, 15) is 0 Å². The molecule has 1 aliphatic heterocycles. The summed E-state index contributed by atoms with van der Waals surface area (Å²) < 4.78 is 7.85. The summed E-state index contributed by atoms with van der Waals surface area (Å²) in [6.45, 7) is 13.7. The van der Waals surface area contributed by atoms with Gasteiger partial charge in [-0.25, -0.2) is 14.5 Å². The highest BCUT2D eigenvalue weighted by molar-refractivity contribution is 7.19. The monoisotopic (exact) mass is 422 g/mol. The fourth-order valence-corrected chi connectivity index (χ4v) is 6.05. The average Bonchev–Trinajstić information content (AvgIpc) is 3.22. The van der Waals surface area contributed by atoms with Crippen molar-refractivity contribution in [3.05, 3.63) is 51.9 Å². The Bertz CT molecular complexity index is 1280. The highest BCUT2D eigenvalue weighted by Crippen LogP contribution is 2.41. The number of quaternary nitrogens is 1. The molecule has 0 spiro atoms. The van der Waals surface area contributed by atoms with Gasteiger partial charge in [-0.1, -0.05) is 12.1 Å². The third-order valence-corrected chi connectivity index (χ3v) is 7.53. The third kappa shape index (κ3) is 3.08. The summed E-state index contributed by atoms with van der Waals surface area (Å²) in [6, 6.07) is 6.10. The van der Waals surface area contributed by atoms with E-state index in [2.05, 4.69) is 58.0 Å². The SMILES string of the molecule is Cc1cccc(OCc2nc3c4c5c(sc4ncn3n2)C(C)(C)[NH2+]C(C)(C)C5)c1C. The van der Waals surface area contributed by atoms with E-state index < -0.39 is 0 Å². The molecule has 6 nitrogen and oxygen atoms in total. The largest absolute Gasteiger partial charge is 0.485 e. The lowest BCUT2D eigenvalue weighted by Gasteiger charge is -2.38. The van der Waals surface area contributed by atoms with Crippen LogP contribution in [0.5, 0.6) is 5.75 Å². The van der Waals surface area contributed by atoms with Gasteiger partial charge < -0.3 is 10.1 Å². The normalized spacial score (nSPS) is 17.4. The maximum atomic E-state index is 6.04. The molecular formula is C23H28N5OS+. The van der Waals surface area contributed by atoms with Crippen molar-refractivity contribution in [1.29, 1.82) is 0 Å². The van der Waals surface area contributed by atoms with Gasteiger partial charge in [0, 0.05) is 6.42 Å². The van der Waals surface area contributed by atoms with E-state index in [0.29, 0.717) is 12.4 Å². The van der Waals surface area contributed by atoms with Gasteiger partial charge in [0.1, 0.15) is 29.1 Å². The Labute approximate surface area is 180 Å². The van der Waals surface area contributed by atoms with Crippen LogP contribution < -0.4 is 10.1 Å². The molecule has 5 rings (SSSR count). The van der Waals surface area contributed by atoms with Gasteiger partial charge in [0.05, 0.1) is 15.8 Å². The highest BCUT2D eigenvalue weighted by atomic mass is 32.1. The molecule has 30 heavy (non-hydrogen) atoms. The second-order valence-electron chi connectivity index (χ2n) is 9.65. The molecule has 0 atom stereocenters. The third-order valence-electron chi connectivity index (χ3n) is 6.05. The Hall–Kier alpha value is -2.51. The van der Waals surface area contributed by atoms with Gasteiger partial charge in [-0.15, -0.1) is 16.4 Å². The summed E-state index contributed by atoms with van der Waals surface area (Å²) in [5.41, 5.74) is 4.77. The van der Waals surface area contributed by atoms with Gasteiger partial charge >= 0.3 is 0 Å². The van der Waals surface area contributed by atoms with Crippen molar-refractivity contribution in [3.8, 4) is 5.75 Å². The average molecular weight is 423 g/mol. The Morgan fingerprint density at radius 2 is 2.00 bits per heavy atom. The Morgan fingerprint density at radius 3 is 2.80 bits per heavy atom. The maximum Gasteiger partial charge on any atom is 0.189 e. The summed E-state index contributed by atoms with van der Waals surface area (Å²) in [4.78, 5) is 12.0. The topological polar surface area (TPSA) is 68.9 Å². The summed E-state index contributed by atoms with van der Waals surface area (Å²) >= 11 is 1.79. The van der Waals surface area contributed by atoms with Crippen LogP contribution in [0.25, 0.3) is 15.9 Å². The van der Waals surface area contributed by atoms with Crippen LogP contribution in [0.3, 0.4) is 0 Å². The van der Waals surface area contributed by atoms with Gasteiger partial charge in [0.25, 0.3) is 0 Å². The van der Waals surface area contributed by atoms with Crippen LogP contribution in [-0.4, -0.2) is 25.1 Å². The van der Waals surface area contributed by atoms with Crippen LogP contribution in [0.15, 0.2) is 24.5 Å². The van der Waals surface area contributed by atoms with E-state index in [1.54, 1.807) is 22.2 Å². The fourth-order valence-electron chi connectivity index (χ4n) is 4.82. The molecule has 1 aromatic carbocycles. The zero-order valence-electron chi connectivity index (χ0n) is 18.4. The van der Waals surface area contributed by atoms with Crippen LogP contribution in [0, 0.1) is 13.8 Å². The highest BCUT2D eigenvalue weighted by Gasteiger charge is 2.43. The van der Waals surface area contributed by atoms with Crippen molar-refractivity contribution in [1.82, 2.24) is 19.6 Å². The first-order chi connectivity index (χ1) is 14.1. The number of hydrogen-bond donors (Lipinski definition) is 1. The smallest absolute Gasteiger partial charge is 0.189 e. The van der Waals surface area contributed by atoms with Crippen molar-refractivity contribution in [2.75, 3.05) is 0 Å². The molecule has 156 valence electrons. The Balaban J connectivity index is 1.57. The Morgan fingerprint density at radius 1 is 1.20 bits per heavy atom. The predicted molar refractivity (Wildman–Crippen MR) is 119 cm³/mol. The second kappa shape index (κ2) is 6.49. The van der Waals surface area contributed by atoms with Gasteiger partial charge in [0.2, 0.25) is 0 Å². The standard InChI is InChI=1S/C23H27N5OS/c1-13-8-7-9-16(14(13)2)29-11-17-25-20-18-15-10-22(3,4)27-23(5,6)19(15)30-21(18)24-12-28(20)26-17/h7-9,12,27H,10-11H2,1-6H3/p+1. The molecule has 4 heterocycles. The predicted octanol–water partition coefficient (Wildman–Crippen LogP) is 3.67. The van der Waals surface area contributed by atoms with E-state index in [1.807, 2.05) is 12.1 Å². The van der Waals surface area contributed by atoms with Crippen LogP contribution in [0.1, 0.15) is 55.1 Å². The minimum Gasteiger partial charge on any atom is -0.485 e. The molecule has 3 aromatic heterocycles. The van der Waals surface area contributed by atoms with E-state index in [4.69, 9.17) is 14.7 Å². The molecule has 0 fully saturated rings. The lowest BCUT2D eigenvalue weighted by Crippen LogP contribution is -3.03. The van der Waals surface area contributed by atoms with Gasteiger partial charge in [-0.2, -0.15) is 0 Å². The number of thiophene rings is 1. The lowest BCUT2D eigenvalue weighted by atomic mass is 9.82. The first kappa shape index (κ1) is 19.5. The summed E-state index contributed by atoms with van der Waals surface area (Å²) in [7, 11) is 0. The number of hydrogen-bond acceptors (Lipinski definition) is 5. The van der Waals surface area contributed by atoms with E-state index in [-0.39, 0.29) is 11.1 Å². The molecule has 7 heteroatoms. The molecule has 0 amide bonds. The molecule has 0 saturated heterocycles. The zero-order chi connectivity index (χ0) is 21.3. The maximum absolute atomic E-state index is 6.04. The summed E-state index contributed by atoms with van der Waals surface area (Å²) in [5.74, 6) is 1.55. The molecule has 2 N–H and O–H groups in total. The minimum absolute atomic E-state index is 0.0219. The van der Waals surface area contributed by atoms with Crippen molar-refractivity contribution in [2.45, 2.75) is 65.6 Å². The van der Waals surface area contributed by atoms with Gasteiger partial charge in [-0.05, 0) is 64.3 Å². The van der Waals surface area contributed by atoms with Crippen LogP contribution in [-0.2, 0) is 18.6 Å². The summed E-state index contributed by atoms with van der Waals surface area (Å²) in [6.07, 6.45) is 2.77. The van der Waals surface area contributed by atoms with Crippen molar-refractivity contribution in [3.63, 3.8) is 0 Å². The van der Waals surface area contributed by atoms with E-state index in [0.717, 1.165) is 33.6 Å². The Kier molecular flexibility index (Phi) is 4.21. The fraction of sp³-hybridized carbons (Fsp3) is 0.435. The molecule has 0 unspecified atom stereocenters. The molecule has 0 saturated carbocycles. The molecular weight excluding hydrogens is 394 g/mol. The number of nitrogens with zero attached hydrogens (tertiary/aromatic N) is 4. The molecule has 0 aliphatic carbocycles. The zero-order valence-corrected chi connectivity index (χ0v) is 19.2. The van der Waals surface area contributed by atoms with Crippen molar-refractivity contribution in [2.24, 2.45) is 0 Å². The number of aromatic nitrogens is 4. The van der Waals surface area contributed by atoms with Crippen molar-refractivity contribution >= 4 is 27.2 Å². The summed E-state index contributed by atoms with van der Waals surface area (Å²) in [5, 5.41) is 8.27. The number of rotatable bonds is 3. The minimum atomic E-state index is 0.0219. The quantitative estimate of drug-likeness (QED) is 0.547.